The van der Waals surface area contributed by atoms with Gasteiger partial charge < -0.3 is 9.84 Å². The molecule has 1 heterocycles. The average molecular weight is 306 g/mol. The Labute approximate surface area is 134 Å². The van der Waals surface area contributed by atoms with Crippen LogP contribution in [-0.4, -0.2) is 10.9 Å². The number of carbonyl (C=O) groups excluding carboxylic acids is 1. The van der Waals surface area contributed by atoms with Crippen LogP contribution in [0.15, 0.2) is 84.4 Å². The topological polar surface area (TPSA) is 60.6 Å². The smallest absolute Gasteiger partial charge is 0.223 e. The molecule has 3 rings (SSSR count). The molecule has 0 saturated carbocycles. The minimum absolute atomic E-state index is 0.0905. The maximum absolute atomic E-state index is 12.1. The predicted molar refractivity (Wildman–Crippen MR) is 85.9 cm³/mol. The van der Waals surface area contributed by atoms with Crippen molar-refractivity contribution in [1.29, 1.82) is 0 Å². The lowest BCUT2D eigenvalue weighted by atomic mass is 10.0. The number of benzene rings is 2. The molecule has 1 unspecified atom stereocenters. The molecule has 1 radical (unpaired) electrons. The van der Waals surface area contributed by atoms with Crippen LogP contribution in [-0.2, 0) is 16.1 Å². The van der Waals surface area contributed by atoms with Gasteiger partial charge in [-0.2, -0.15) is 0 Å². The normalized spacial score (nSPS) is 15.3. The van der Waals surface area contributed by atoms with E-state index in [1.165, 1.54) is 12.3 Å². The van der Waals surface area contributed by atoms with E-state index in [-0.39, 0.29) is 23.8 Å². The van der Waals surface area contributed by atoms with E-state index in [0.29, 0.717) is 5.56 Å². The Bertz CT molecular complexity index is 736. The first kappa shape index (κ1) is 15.1. The SMILES string of the molecule is O=C1C=C[N]C(C(O)c2ccccc2)=C1OCc1ccccc1. The van der Waals surface area contributed by atoms with Gasteiger partial charge in [-0.25, -0.2) is 0 Å². The zero-order valence-corrected chi connectivity index (χ0v) is 12.4. The summed E-state index contributed by atoms with van der Waals surface area (Å²) in [4.78, 5) is 12.1. The Morgan fingerprint density at radius 1 is 1.00 bits per heavy atom. The fourth-order valence-electron chi connectivity index (χ4n) is 2.31. The number of rotatable bonds is 5. The molecule has 2 aromatic carbocycles. The minimum Gasteiger partial charge on any atom is -0.483 e. The van der Waals surface area contributed by atoms with E-state index in [1.54, 1.807) is 12.1 Å². The molecule has 0 saturated heterocycles. The second-order valence-electron chi connectivity index (χ2n) is 5.11. The fourth-order valence-corrected chi connectivity index (χ4v) is 2.31. The number of hydrogen-bond donors (Lipinski definition) is 1. The molecule has 0 aliphatic carbocycles. The summed E-state index contributed by atoms with van der Waals surface area (Å²) in [5, 5.41) is 14.7. The first-order valence-corrected chi connectivity index (χ1v) is 7.31. The highest BCUT2D eigenvalue weighted by Crippen LogP contribution is 2.26. The Kier molecular flexibility index (Phi) is 4.54. The van der Waals surface area contributed by atoms with Crippen molar-refractivity contribution in [3.8, 4) is 0 Å². The second kappa shape index (κ2) is 6.94. The van der Waals surface area contributed by atoms with E-state index in [2.05, 4.69) is 5.32 Å². The van der Waals surface area contributed by atoms with Crippen LogP contribution in [0, 0.1) is 0 Å². The van der Waals surface area contributed by atoms with Crippen molar-refractivity contribution in [3.63, 3.8) is 0 Å². The van der Waals surface area contributed by atoms with Crippen molar-refractivity contribution in [2.75, 3.05) is 0 Å². The van der Waals surface area contributed by atoms with Crippen LogP contribution in [0.3, 0.4) is 0 Å². The third kappa shape index (κ3) is 3.49. The van der Waals surface area contributed by atoms with Gasteiger partial charge >= 0.3 is 0 Å². The lowest BCUT2D eigenvalue weighted by Gasteiger charge is -2.20. The van der Waals surface area contributed by atoms with Crippen LogP contribution < -0.4 is 5.32 Å². The number of ketones is 1. The molecule has 1 aliphatic rings. The van der Waals surface area contributed by atoms with E-state index in [1.807, 2.05) is 48.5 Å². The maximum atomic E-state index is 12.1. The van der Waals surface area contributed by atoms with Gasteiger partial charge in [0.25, 0.3) is 0 Å². The van der Waals surface area contributed by atoms with Gasteiger partial charge in [-0.05, 0) is 11.1 Å². The summed E-state index contributed by atoms with van der Waals surface area (Å²) in [5.74, 6) is -0.200. The molecule has 2 aromatic rings. The molecule has 115 valence electrons. The van der Waals surface area contributed by atoms with Crippen molar-refractivity contribution < 1.29 is 14.6 Å². The van der Waals surface area contributed by atoms with Crippen LogP contribution in [0.1, 0.15) is 17.2 Å². The number of carbonyl (C=O) groups is 1. The zero-order chi connectivity index (χ0) is 16.1. The van der Waals surface area contributed by atoms with Gasteiger partial charge in [-0.1, -0.05) is 60.7 Å². The first-order chi connectivity index (χ1) is 11.3. The molecular formula is C19H16NO3. The summed E-state index contributed by atoms with van der Waals surface area (Å²) in [5.41, 5.74) is 1.84. The van der Waals surface area contributed by atoms with Gasteiger partial charge in [0.2, 0.25) is 5.78 Å². The Balaban J connectivity index is 1.85. The lowest BCUT2D eigenvalue weighted by molar-refractivity contribution is -0.115. The highest BCUT2D eigenvalue weighted by molar-refractivity contribution is 6.03. The molecule has 0 spiro atoms. The van der Waals surface area contributed by atoms with Crippen molar-refractivity contribution in [3.05, 3.63) is 95.5 Å². The quantitative estimate of drug-likeness (QED) is 0.924. The van der Waals surface area contributed by atoms with E-state index >= 15 is 0 Å². The summed E-state index contributed by atoms with van der Waals surface area (Å²) < 4.78 is 5.66. The highest BCUT2D eigenvalue weighted by atomic mass is 16.5. The average Bonchev–Trinajstić information content (AvgIpc) is 2.61. The largest absolute Gasteiger partial charge is 0.483 e. The Hall–Kier alpha value is -2.85. The van der Waals surface area contributed by atoms with E-state index in [0.717, 1.165) is 5.56 Å². The van der Waals surface area contributed by atoms with Gasteiger partial charge in [-0.15, -0.1) is 0 Å². The van der Waals surface area contributed by atoms with Gasteiger partial charge in [0.15, 0.2) is 5.76 Å². The molecule has 23 heavy (non-hydrogen) atoms. The summed E-state index contributed by atoms with van der Waals surface area (Å²) >= 11 is 0. The highest BCUT2D eigenvalue weighted by Gasteiger charge is 2.26. The van der Waals surface area contributed by atoms with E-state index in [4.69, 9.17) is 4.74 Å². The van der Waals surface area contributed by atoms with Crippen LogP contribution in [0.25, 0.3) is 0 Å². The van der Waals surface area contributed by atoms with Gasteiger partial charge in [-0.3, -0.25) is 10.1 Å². The number of ether oxygens (including phenoxy) is 1. The van der Waals surface area contributed by atoms with Gasteiger partial charge in [0.1, 0.15) is 18.4 Å². The summed E-state index contributed by atoms with van der Waals surface area (Å²) in [7, 11) is 0. The molecule has 4 nitrogen and oxygen atoms in total. The zero-order valence-electron chi connectivity index (χ0n) is 12.4. The monoisotopic (exact) mass is 306 g/mol. The number of aliphatic hydroxyl groups excluding tert-OH is 1. The van der Waals surface area contributed by atoms with Crippen molar-refractivity contribution >= 4 is 5.78 Å². The molecule has 4 heteroatoms. The third-order valence-electron chi connectivity index (χ3n) is 3.50. The number of hydrogen-bond acceptors (Lipinski definition) is 3. The van der Waals surface area contributed by atoms with Crippen LogP contribution in [0.2, 0.25) is 0 Å². The molecule has 1 aliphatic heterocycles. The molecule has 1 N–H and O–H groups in total. The molecule has 1 atom stereocenters. The van der Waals surface area contributed by atoms with Crippen LogP contribution in [0.4, 0.5) is 0 Å². The predicted octanol–water partition coefficient (Wildman–Crippen LogP) is 2.85. The number of nitrogens with zero attached hydrogens (tertiary/aromatic N) is 1. The van der Waals surface area contributed by atoms with Gasteiger partial charge in [0.05, 0.1) is 0 Å². The lowest BCUT2D eigenvalue weighted by Crippen LogP contribution is -2.21. The summed E-state index contributed by atoms with van der Waals surface area (Å²) in [6.07, 6.45) is 1.72. The Morgan fingerprint density at radius 3 is 2.35 bits per heavy atom. The number of allylic oxidation sites excluding steroid dienone is 1. The fraction of sp³-hybridized carbons (Fsp3) is 0.105. The summed E-state index contributed by atoms with van der Waals surface area (Å²) in [6.45, 7) is 0.246. The van der Waals surface area contributed by atoms with E-state index < -0.39 is 6.10 Å². The van der Waals surface area contributed by atoms with Crippen LogP contribution in [0.5, 0.6) is 0 Å². The Morgan fingerprint density at radius 2 is 1.65 bits per heavy atom. The van der Waals surface area contributed by atoms with Crippen LogP contribution >= 0.6 is 0 Å². The van der Waals surface area contributed by atoms with Crippen molar-refractivity contribution in [2.45, 2.75) is 12.7 Å². The van der Waals surface area contributed by atoms with Crippen molar-refractivity contribution in [2.24, 2.45) is 0 Å². The summed E-state index contributed by atoms with van der Waals surface area (Å²) in [6, 6.07) is 18.6. The minimum atomic E-state index is -1.00. The standard InChI is InChI=1S/C19H16NO3/c21-16-11-12-20-17(18(22)15-9-5-2-6-10-15)19(16)23-13-14-7-3-1-4-8-14/h1-12,18,22H,13H2. The van der Waals surface area contributed by atoms with Crippen molar-refractivity contribution in [1.82, 2.24) is 5.32 Å². The molecule has 0 aromatic heterocycles. The maximum Gasteiger partial charge on any atom is 0.223 e. The third-order valence-corrected chi connectivity index (χ3v) is 3.50. The molecular weight excluding hydrogens is 290 g/mol. The number of aliphatic hydroxyl groups is 1. The molecule has 0 amide bonds. The van der Waals surface area contributed by atoms with Gasteiger partial charge in [0, 0.05) is 12.3 Å². The molecule has 0 bridgehead atoms. The van der Waals surface area contributed by atoms with E-state index in [9.17, 15) is 9.90 Å². The first-order valence-electron chi connectivity index (χ1n) is 7.31. The second-order valence-corrected chi connectivity index (χ2v) is 5.11. The molecule has 0 fully saturated rings.